The minimum Gasteiger partial charge on any atom is -0.460 e. The van der Waals surface area contributed by atoms with Crippen molar-refractivity contribution in [2.45, 2.75) is 39.7 Å². The van der Waals surface area contributed by atoms with E-state index in [1.165, 1.54) is 18.5 Å². The Morgan fingerprint density at radius 1 is 1.23 bits per heavy atom. The predicted octanol–water partition coefficient (Wildman–Crippen LogP) is 4.05. The van der Waals surface area contributed by atoms with Gasteiger partial charge in [0.05, 0.1) is 39.2 Å². The zero-order valence-electron chi connectivity index (χ0n) is 18.5. The van der Waals surface area contributed by atoms with Crippen molar-refractivity contribution in [1.82, 2.24) is 9.62 Å². The first-order valence-corrected chi connectivity index (χ1v) is 11.9. The second-order valence-electron chi connectivity index (χ2n) is 7.50. The molecule has 7 nitrogen and oxygen atoms in total. The fraction of sp³-hybridized carbons (Fsp3) is 0.476. The van der Waals surface area contributed by atoms with Crippen molar-refractivity contribution in [3.05, 3.63) is 55.7 Å². The fourth-order valence-corrected chi connectivity index (χ4v) is 5.46. The molecule has 1 N–H and O–H groups in total. The van der Waals surface area contributed by atoms with Crippen molar-refractivity contribution < 1.29 is 22.7 Å². The topological polar surface area (TPSA) is 84.9 Å². The molecule has 1 aliphatic heterocycles. The maximum Gasteiger partial charge on any atom is 0.337 e. The van der Waals surface area contributed by atoms with Gasteiger partial charge in [0.2, 0.25) is 10.0 Å². The lowest BCUT2D eigenvalue weighted by Crippen LogP contribution is -2.38. The lowest BCUT2D eigenvalue weighted by molar-refractivity contribution is -0.143. The summed E-state index contributed by atoms with van der Waals surface area (Å²) in [7, 11) is -1.05. The molecular weight excluding hydrogens is 463 g/mol. The molecule has 0 spiro atoms. The predicted molar refractivity (Wildman–Crippen MR) is 122 cm³/mol. The van der Waals surface area contributed by atoms with Crippen LogP contribution < -0.4 is 5.32 Å². The average Bonchev–Trinajstić information content (AvgIpc) is 2.66. The number of esters is 1. The van der Waals surface area contributed by atoms with Crippen LogP contribution in [0.25, 0.3) is 0 Å². The van der Waals surface area contributed by atoms with Crippen LogP contribution in [0.15, 0.2) is 40.1 Å². The van der Waals surface area contributed by atoms with Crippen molar-refractivity contribution in [1.29, 1.82) is 0 Å². The molecule has 0 radical (unpaired) electrons. The third kappa shape index (κ3) is 5.43. The van der Waals surface area contributed by atoms with E-state index in [1.807, 2.05) is 0 Å². The highest BCUT2D eigenvalue weighted by molar-refractivity contribution is 7.93. The number of allylic oxidation sites excluding steroid dienone is 3. The summed E-state index contributed by atoms with van der Waals surface area (Å²) in [6.07, 6.45) is -0.389. The van der Waals surface area contributed by atoms with E-state index >= 15 is 0 Å². The number of ether oxygens (including phenoxy) is 2. The van der Waals surface area contributed by atoms with Crippen molar-refractivity contribution in [2.75, 3.05) is 27.3 Å². The number of carbonyl (C=O) groups excluding carboxylic acids is 1. The van der Waals surface area contributed by atoms with Crippen molar-refractivity contribution >= 4 is 39.2 Å². The summed E-state index contributed by atoms with van der Waals surface area (Å²) in [6, 6.07) is 4.94. The Labute approximate surface area is 194 Å². The molecule has 0 amide bonds. The summed E-state index contributed by atoms with van der Waals surface area (Å²) in [5.41, 5.74) is 1.46. The summed E-state index contributed by atoms with van der Waals surface area (Å²) in [5.74, 6) is -1.62. The van der Waals surface area contributed by atoms with Gasteiger partial charge in [-0.3, -0.25) is 0 Å². The van der Waals surface area contributed by atoms with E-state index < -0.39 is 21.9 Å². The number of benzene rings is 1. The highest BCUT2D eigenvalue weighted by atomic mass is 35.5. The van der Waals surface area contributed by atoms with Crippen LogP contribution >= 0.6 is 23.2 Å². The number of methoxy groups -OCH3 is 1. The summed E-state index contributed by atoms with van der Waals surface area (Å²) < 4.78 is 38.9. The minimum atomic E-state index is -4.00. The lowest BCUT2D eigenvalue weighted by atomic mass is 9.86. The number of nitrogens with one attached hydrogen (secondary N) is 1. The molecule has 1 heterocycles. The van der Waals surface area contributed by atoms with E-state index in [2.05, 4.69) is 5.32 Å². The highest BCUT2D eigenvalue weighted by Gasteiger charge is 2.42. The van der Waals surface area contributed by atoms with Crippen LogP contribution in [0.1, 0.15) is 39.2 Å². The highest BCUT2D eigenvalue weighted by Crippen LogP contribution is 2.45. The summed E-state index contributed by atoms with van der Waals surface area (Å²) in [6.45, 7) is 7.15. The van der Waals surface area contributed by atoms with Crippen LogP contribution in [0.3, 0.4) is 0 Å². The normalized spacial score (nSPS) is 17.4. The average molecular weight is 491 g/mol. The second kappa shape index (κ2) is 10.4. The first-order chi connectivity index (χ1) is 14.4. The second-order valence-corrected chi connectivity index (χ2v) is 10.3. The summed E-state index contributed by atoms with van der Waals surface area (Å²) in [4.78, 5) is 13.1. The molecule has 0 saturated heterocycles. The molecule has 0 aromatic heterocycles. The van der Waals surface area contributed by atoms with E-state index in [1.54, 1.807) is 45.9 Å². The molecule has 10 heteroatoms. The molecule has 1 aromatic carbocycles. The van der Waals surface area contributed by atoms with Gasteiger partial charge < -0.3 is 14.8 Å². The zero-order chi connectivity index (χ0) is 23.5. The number of rotatable bonds is 8. The Hall–Kier alpha value is -1.58. The van der Waals surface area contributed by atoms with Gasteiger partial charge in [-0.15, -0.1) is 0 Å². The molecule has 1 atom stereocenters. The third-order valence-corrected chi connectivity index (χ3v) is 7.79. The van der Waals surface area contributed by atoms with Crippen molar-refractivity contribution in [3.63, 3.8) is 0 Å². The Bertz CT molecular complexity index is 1020. The van der Waals surface area contributed by atoms with Gasteiger partial charge in [-0.05, 0) is 39.3 Å². The number of dihydropyridines is 1. The first kappa shape index (κ1) is 25.7. The largest absolute Gasteiger partial charge is 0.460 e. The molecule has 0 bridgehead atoms. The maximum atomic E-state index is 13.6. The molecule has 0 fully saturated rings. The van der Waals surface area contributed by atoms with Gasteiger partial charge in [0.25, 0.3) is 0 Å². The number of hydrogen-bond donors (Lipinski definition) is 1. The number of halogens is 2. The fourth-order valence-electron chi connectivity index (χ4n) is 3.41. The number of nitrogens with zero attached hydrogens (tertiary/aromatic N) is 1. The van der Waals surface area contributed by atoms with Crippen LogP contribution in [-0.2, 0) is 24.3 Å². The Balaban J connectivity index is 2.77. The van der Waals surface area contributed by atoms with Gasteiger partial charge in [0.1, 0.15) is 0 Å². The van der Waals surface area contributed by atoms with E-state index in [4.69, 9.17) is 32.7 Å². The Morgan fingerprint density at radius 3 is 2.45 bits per heavy atom. The quantitative estimate of drug-likeness (QED) is 0.553. The Kier molecular flexibility index (Phi) is 8.58. The summed E-state index contributed by atoms with van der Waals surface area (Å²) in [5, 5.41) is 3.47. The molecule has 2 rings (SSSR count). The van der Waals surface area contributed by atoms with Gasteiger partial charge in [-0.2, -0.15) is 4.31 Å². The van der Waals surface area contributed by atoms with E-state index in [0.29, 0.717) is 17.0 Å². The zero-order valence-corrected chi connectivity index (χ0v) is 20.8. The van der Waals surface area contributed by atoms with Crippen molar-refractivity contribution in [3.8, 4) is 0 Å². The van der Waals surface area contributed by atoms with E-state index in [-0.39, 0.29) is 39.8 Å². The van der Waals surface area contributed by atoms with Crippen LogP contribution in [0.2, 0.25) is 10.0 Å². The van der Waals surface area contributed by atoms with Gasteiger partial charge in [0, 0.05) is 32.1 Å². The first-order valence-electron chi connectivity index (χ1n) is 9.72. The molecule has 31 heavy (non-hydrogen) atoms. The van der Waals surface area contributed by atoms with Crippen molar-refractivity contribution in [2.24, 2.45) is 0 Å². The lowest BCUT2D eigenvalue weighted by Gasteiger charge is -2.33. The molecule has 0 aliphatic carbocycles. The van der Waals surface area contributed by atoms with Crippen LogP contribution in [0.4, 0.5) is 0 Å². The number of sulfonamides is 1. The maximum absolute atomic E-state index is 13.6. The van der Waals surface area contributed by atoms with E-state index in [9.17, 15) is 13.2 Å². The van der Waals surface area contributed by atoms with Gasteiger partial charge in [0.15, 0.2) is 0 Å². The van der Waals surface area contributed by atoms with E-state index in [0.717, 1.165) is 0 Å². The Morgan fingerprint density at radius 2 is 1.87 bits per heavy atom. The molecule has 1 unspecified atom stereocenters. The van der Waals surface area contributed by atoms with Crippen LogP contribution in [0.5, 0.6) is 0 Å². The molecule has 1 aromatic rings. The number of hydrogen-bond acceptors (Lipinski definition) is 6. The SMILES string of the molecule is COCCN(C)S(=O)(=O)C1=C(C)NC(C)=C(C(=O)OC(C)C)C1c1cccc(Cl)c1Cl. The standard InChI is InChI=1S/C21H28Cl2N2O5S/c1-12(2)30-21(26)17-13(3)24-14(4)20(31(27,28)25(5)10-11-29-6)18(17)15-8-7-9-16(22)19(15)23/h7-9,12,18,24H,10-11H2,1-6H3. The third-order valence-electron chi connectivity index (χ3n) is 4.85. The minimum absolute atomic E-state index is 0.0107. The smallest absolute Gasteiger partial charge is 0.337 e. The molecule has 0 saturated carbocycles. The van der Waals surface area contributed by atoms with Gasteiger partial charge in [-0.25, -0.2) is 13.2 Å². The molecule has 1 aliphatic rings. The monoisotopic (exact) mass is 490 g/mol. The number of carbonyl (C=O) groups is 1. The van der Waals surface area contributed by atoms with Gasteiger partial charge in [-0.1, -0.05) is 35.3 Å². The van der Waals surface area contributed by atoms with Crippen LogP contribution in [-0.4, -0.2) is 52.1 Å². The van der Waals surface area contributed by atoms with Crippen LogP contribution in [0, 0.1) is 0 Å². The molecular formula is C21H28Cl2N2O5S. The summed E-state index contributed by atoms with van der Waals surface area (Å²) >= 11 is 12.7. The van der Waals surface area contributed by atoms with Gasteiger partial charge >= 0.3 is 5.97 Å². The number of likely N-dealkylation sites (N-methyl/N-ethyl adjacent to an activating group) is 1. The molecule has 172 valence electrons.